The van der Waals surface area contributed by atoms with Crippen LogP contribution in [0, 0.1) is 6.92 Å². The molecule has 0 aliphatic heterocycles. The van der Waals surface area contributed by atoms with Crippen LogP contribution >= 0.6 is 0 Å². The largest absolute Gasteiger partial charge is 0.497 e. The number of carbonyl (C=O) groups is 1. The molecule has 0 aliphatic carbocycles. The Bertz CT molecular complexity index is 900. The molecule has 0 amide bonds. The van der Waals surface area contributed by atoms with Gasteiger partial charge in [-0.25, -0.2) is 9.78 Å². The van der Waals surface area contributed by atoms with Crippen LogP contribution in [-0.2, 0) is 6.61 Å². The minimum Gasteiger partial charge on any atom is -0.497 e. The number of ether oxygens (including phenoxy) is 2. The van der Waals surface area contributed by atoms with E-state index >= 15 is 0 Å². The van der Waals surface area contributed by atoms with Crippen molar-refractivity contribution in [1.29, 1.82) is 0 Å². The van der Waals surface area contributed by atoms with Gasteiger partial charge in [-0.3, -0.25) is 0 Å². The first-order valence-corrected chi connectivity index (χ1v) is 7.64. The van der Waals surface area contributed by atoms with Crippen molar-refractivity contribution in [3.63, 3.8) is 0 Å². The van der Waals surface area contributed by atoms with Gasteiger partial charge in [-0.15, -0.1) is 0 Å². The highest BCUT2D eigenvalue weighted by molar-refractivity contribution is 5.90. The molecule has 0 saturated heterocycles. The summed E-state index contributed by atoms with van der Waals surface area (Å²) < 4.78 is 16.6. The first kappa shape index (κ1) is 16.6. The minimum atomic E-state index is -1.04. The summed E-state index contributed by atoms with van der Waals surface area (Å²) in [6, 6.07) is 13.9. The second-order valence-electron chi connectivity index (χ2n) is 5.35. The van der Waals surface area contributed by atoms with Crippen molar-refractivity contribution >= 4 is 5.97 Å². The zero-order chi connectivity index (χ0) is 17.8. The van der Waals surface area contributed by atoms with Crippen molar-refractivity contribution in [2.24, 2.45) is 0 Å². The van der Waals surface area contributed by atoms with Gasteiger partial charge in [0.05, 0.1) is 12.8 Å². The van der Waals surface area contributed by atoms with Crippen LogP contribution in [0.4, 0.5) is 0 Å². The molecule has 1 N–H and O–H groups in total. The number of para-hydroxylation sites is 1. The zero-order valence-electron chi connectivity index (χ0n) is 13.9. The number of carboxylic acids is 1. The fraction of sp³-hybridized carbons (Fsp3) is 0.158. The van der Waals surface area contributed by atoms with E-state index < -0.39 is 5.97 Å². The van der Waals surface area contributed by atoms with Crippen LogP contribution in [0.5, 0.6) is 11.5 Å². The molecule has 0 fully saturated rings. The number of aromatic carboxylic acids is 1. The van der Waals surface area contributed by atoms with E-state index in [2.05, 4.69) is 4.98 Å². The maximum Gasteiger partial charge on any atom is 0.339 e. The zero-order valence-corrected chi connectivity index (χ0v) is 13.9. The van der Waals surface area contributed by atoms with Crippen molar-refractivity contribution in [2.75, 3.05) is 7.11 Å². The molecule has 6 nitrogen and oxygen atoms in total. The third kappa shape index (κ3) is 3.63. The van der Waals surface area contributed by atoms with Crippen LogP contribution in [0.15, 0.2) is 52.9 Å². The molecule has 6 heteroatoms. The summed E-state index contributed by atoms with van der Waals surface area (Å²) >= 11 is 0. The fourth-order valence-electron chi connectivity index (χ4n) is 2.35. The summed E-state index contributed by atoms with van der Waals surface area (Å²) in [5.41, 5.74) is 1.58. The topological polar surface area (TPSA) is 81.8 Å². The smallest absolute Gasteiger partial charge is 0.339 e. The average Bonchev–Trinajstić information content (AvgIpc) is 3.01. The van der Waals surface area contributed by atoms with Gasteiger partial charge in [0.15, 0.2) is 5.76 Å². The number of benzene rings is 2. The molecular weight excluding hydrogens is 322 g/mol. The quantitative estimate of drug-likeness (QED) is 0.732. The van der Waals surface area contributed by atoms with Gasteiger partial charge < -0.3 is 19.0 Å². The van der Waals surface area contributed by atoms with Gasteiger partial charge in [0.25, 0.3) is 0 Å². The van der Waals surface area contributed by atoms with Crippen LogP contribution < -0.4 is 9.47 Å². The van der Waals surface area contributed by atoms with Crippen LogP contribution in [-0.4, -0.2) is 23.2 Å². The minimum absolute atomic E-state index is 0.0904. The van der Waals surface area contributed by atoms with Gasteiger partial charge in [-0.1, -0.05) is 18.2 Å². The van der Waals surface area contributed by atoms with Crippen molar-refractivity contribution in [1.82, 2.24) is 4.98 Å². The lowest BCUT2D eigenvalue weighted by Crippen LogP contribution is -2.03. The van der Waals surface area contributed by atoms with Crippen LogP contribution in [0.3, 0.4) is 0 Å². The second kappa shape index (κ2) is 7.09. The Morgan fingerprint density at radius 2 is 2.00 bits per heavy atom. The number of hydrogen-bond donors (Lipinski definition) is 1. The summed E-state index contributed by atoms with van der Waals surface area (Å²) in [5.74, 6) is 0.955. The van der Waals surface area contributed by atoms with E-state index in [0.717, 1.165) is 5.56 Å². The van der Waals surface area contributed by atoms with Gasteiger partial charge in [0, 0.05) is 5.56 Å². The van der Waals surface area contributed by atoms with Gasteiger partial charge in [-0.05, 0) is 37.3 Å². The van der Waals surface area contributed by atoms with Crippen molar-refractivity contribution in [3.8, 4) is 23.0 Å². The summed E-state index contributed by atoms with van der Waals surface area (Å²) in [7, 11) is 1.60. The maximum atomic E-state index is 11.2. The highest BCUT2D eigenvalue weighted by atomic mass is 16.5. The lowest BCUT2D eigenvalue weighted by molar-refractivity contribution is 0.0691. The van der Waals surface area contributed by atoms with Crippen molar-refractivity contribution in [2.45, 2.75) is 13.5 Å². The highest BCUT2D eigenvalue weighted by Crippen LogP contribution is 2.26. The summed E-state index contributed by atoms with van der Waals surface area (Å²) in [6.07, 6.45) is 0. The summed E-state index contributed by atoms with van der Waals surface area (Å²) in [4.78, 5) is 15.6. The molecule has 0 radical (unpaired) electrons. The Kier molecular flexibility index (Phi) is 4.70. The molecule has 0 saturated carbocycles. The highest BCUT2D eigenvalue weighted by Gasteiger charge is 2.15. The third-order valence-corrected chi connectivity index (χ3v) is 3.69. The van der Waals surface area contributed by atoms with Crippen molar-refractivity contribution < 1.29 is 23.8 Å². The molecule has 3 aromatic rings. The molecule has 0 spiro atoms. The van der Waals surface area contributed by atoms with E-state index in [0.29, 0.717) is 23.1 Å². The lowest BCUT2D eigenvalue weighted by atomic mass is 10.2. The van der Waals surface area contributed by atoms with E-state index in [1.807, 2.05) is 31.2 Å². The SMILES string of the molecule is COc1cccc(-c2nc(C)c(COc3ccccc3C(=O)O)o2)c1. The normalized spacial score (nSPS) is 10.5. The van der Waals surface area contributed by atoms with Crippen molar-refractivity contribution in [3.05, 3.63) is 65.5 Å². The molecule has 1 heterocycles. The average molecular weight is 339 g/mol. The number of aromatic nitrogens is 1. The predicted molar refractivity (Wildman–Crippen MR) is 91.0 cm³/mol. The van der Waals surface area contributed by atoms with Crippen LogP contribution in [0.1, 0.15) is 21.8 Å². The van der Waals surface area contributed by atoms with E-state index in [-0.39, 0.29) is 17.9 Å². The Labute approximate surface area is 144 Å². The Balaban J connectivity index is 1.81. The molecular formula is C19H17NO5. The fourth-order valence-corrected chi connectivity index (χ4v) is 2.35. The first-order chi connectivity index (χ1) is 12.1. The van der Waals surface area contributed by atoms with E-state index in [1.54, 1.807) is 25.3 Å². The maximum absolute atomic E-state index is 11.2. The molecule has 0 bridgehead atoms. The Hall–Kier alpha value is -3.28. The molecule has 2 aromatic carbocycles. The van der Waals surface area contributed by atoms with Gasteiger partial charge >= 0.3 is 5.97 Å². The van der Waals surface area contributed by atoms with E-state index in [9.17, 15) is 9.90 Å². The number of carboxylic acid groups (broad SMARTS) is 1. The van der Waals surface area contributed by atoms with E-state index in [4.69, 9.17) is 13.9 Å². The monoisotopic (exact) mass is 339 g/mol. The molecule has 25 heavy (non-hydrogen) atoms. The lowest BCUT2D eigenvalue weighted by Gasteiger charge is -2.07. The molecule has 0 unspecified atom stereocenters. The number of methoxy groups -OCH3 is 1. The van der Waals surface area contributed by atoms with Gasteiger partial charge in [0.1, 0.15) is 23.7 Å². The first-order valence-electron chi connectivity index (χ1n) is 7.64. The Morgan fingerprint density at radius 3 is 2.76 bits per heavy atom. The summed E-state index contributed by atoms with van der Waals surface area (Å²) in [6.45, 7) is 1.90. The third-order valence-electron chi connectivity index (χ3n) is 3.69. The molecule has 3 rings (SSSR count). The Morgan fingerprint density at radius 1 is 1.20 bits per heavy atom. The number of rotatable bonds is 6. The number of nitrogens with zero attached hydrogens (tertiary/aromatic N) is 1. The van der Waals surface area contributed by atoms with Gasteiger partial charge in [0.2, 0.25) is 5.89 Å². The molecule has 1 aromatic heterocycles. The van der Waals surface area contributed by atoms with E-state index in [1.165, 1.54) is 6.07 Å². The number of oxazole rings is 1. The number of aryl methyl sites for hydroxylation is 1. The molecule has 0 atom stereocenters. The van der Waals surface area contributed by atoms with Gasteiger partial charge in [-0.2, -0.15) is 0 Å². The van der Waals surface area contributed by atoms with Crippen LogP contribution in [0.2, 0.25) is 0 Å². The predicted octanol–water partition coefficient (Wildman–Crippen LogP) is 3.94. The summed E-state index contributed by atoms with van der Waals surface area (Å²) in [5, 5.41) is 9.19. The molecule has 128 valence electrons. The van der Waals surface area contributed by atoms with Crippen LogP contribution in [0.25, 0.3) is 11.5 Å². The molecule has 0 aliphatic rings. The number of hydrogen-bond acceptors (Lipinski definition) is 5. The second-order valence-corrected chi connectivity index (χ2v) is 5.35. The standard InChI is InChI=1S/C19H17NO5/c1-12-17(11-24-16-9-4-3-8-15(16)19(21)22)25-18(20-12)13-6-5-7-14(10-13)23-2/h3-10H,11H2,1-2H3,(H,21,22).